The van der Waals surface area contributed by atoms with Gasteiger partial charge in [0.1, 0.15) is 5.70 Å². The summed E-state index contributed by atoms with van der Waals surface area (Å²) in [5, 5.41) is 9.25. The van der Waals surface area contributed by atoms with E-state index in [0.717, 1.165) is 5.56 Å². The maximum atomic E-state index is 12.9. The number of hydrogen-bond acceptors (Lipinski definition) is 4. The standard InChI is InChI=1S/C19H20N2O4/c1-2-25-19(24)16-12-21(10-14-6-4-3-5-7-14)18(23)17(16)20-9-8-15(11-20)13-22/h3-9,11,22H,2,10,12-13H2,1H3. The number of amides is 1. The molecule has 0 atom stereocenters. The Morgan fingerprint density at radius 1 is 1.20 bits per heavy atom. The summed E-state index contributed by atoms with van der Waals surface area (Å²) >= 11 is 0. The first-order valence-electron chi connectivity index (χ1n) is 8.15. The number of carbonyl (C=O) groups is 2. The number of esters is 1. The van der Waals surface area contributed by atoms with Gasteiger partial charge < -0.3 is 19.3 Å². The third-order valence-electron chi connectivity index (χ3n) is 4.06. The Hall–Kier alpha value is -2.86. The molecule has 0 saturated carbocycles. The minimum Gasteiger partial charge on any atom is -0.463 e. The zero-order valence-corrected chi connectivity index (χ0v) is 14.0. The van der Waals surface area contributed by atoms with Gasteiger partial charge in [-0.25, -0.2) is 4.79 Å². The lowest BCUT2D eigenvalue weighted by molar-refractivity contribution is -0.138. The molecule has 0 radical (unpaired) electrons. The Kier molecular flexibility index (Phi) is 5.00. The molecular weight excluding hydrogens is 320 g/mol. The summed E-state index contributed by atoms with van der Waals surface area (Å²) in [5.74, 6) is -0.715. The number of aromatic nitrogens is 1. The third kappa shape index (κ3) is 3.49. The topological polar surface area (TPSA) is 71.8 Å². The summed E-state index contributed by atoms with van der Waals surface area (Å²) in [5.41, 5.74) is 2.28. The number of rotatable bonds is 6. The van der Waals surface area contributed by atoms with Gasteiger partial charge in [0.25, 0.3) is 5.91 Å². The predicted octanol–water partition coefficient (Wildman–Crippen LogP) is 1.80. The lowest BCUT2D eigenvalue weighted by Crippen LogP contribution is -2.27. The van der Waals surface area contributed by atoms with Gasteiger partial charge in [-0.05, 0) is 24.1 Å². The van der Waals surface area contributed by atoms with Crippen LogP contribution in [0.4, 0.5) is 0 Å². The molecule has 1 aromatic carbocycles. The number of ether oxygens (including phenoxy) is 1. The van der Waals surface area contributed by atoms with Crippen LogP contribution < -0.4 is 0 Å². The maximum absolute atomic E-state index is 12.9. The molecule has 130 valence electrons. The summed E-state index contributed by atoms with van der Waals surface area (Å²) in [6.45, 7) is 2.47. The quantitative estimate of drug-likeness (QED) is 0.814. The maximum Gasteiger partial charge on any atom is 0.338 e. The Balaban J connectivity index is 1.92. The number of hydrogen-bond donors (Lipinski definition) is 1. The second-order valence-corrected chi connectivity index (χ2v) is 5.78. The van der Waals surface area contributed by atoms with Gasteiger partial charge in [-0.3, -0.25) is 4.79 Å². The van der Waals surface area contributed by atoms with Crippen molar-refractivity contribution < 1.29 is 19.4 Å². The molecule has 0 bridgehead atoms. The van der Waals surface area contributed by atoms with Gasteiger partial charge in [-0.1, -0.05) is 30.3 Å². The van der Waals surface area contributed by atoms with Crippen LogP contribution in [0.2, 0.25) is 0 Å². The smallest absolute Gasteiger partial charge is 0.338 e. The van der Waals surface area contributed by atoms with Crippen LogP contribution in [0.15, 0.2) is 54.4 Å². The highest BCUT2D eigenvalue weighted by molar-refractivity contribution is 6.23. The molecule has 2 heterocycles. The summed E-state index contributed by atoms with van der Waals surface area (Å²) in [6, 6.07) is 11.3. The first-order valence-corrected chi connectivity index (χ1v) is 8.15. The fourth-order valence-corrected chi connectivity index (χ4v) is 2.87. The fraction of sp³-hybridized carbons (Fsp3) is 0.263. The van der Waals surface area contributed by atoms with Crippen molar-refractivity contribution in [3.05, 3.63) is 65.5 Å². The summed E-state index contributed by atoms with van der Waals surface area (Å²) in [7, 11) is 0. The van der Waals surface area contributed by atoms with Crippen molar-refractivity contribution in [2.75, 3.05) is 13.2 Å². The molecule has 2 aromatic rings. The predicted molar refractivity (Wildman–Crippen MR) is 92.1 cm³/mol. The summed E-state index contributed by atoms with van der Waals surface area (Å²) in [6.07, 6.45) is 3.32. The van der Waals surface area contributed by atoms with Gasteiger partial charge in [0.2, 0.25) is 0 Å². The zero-order valence-electron chi connectivity index (χ0n) is 14.0. The van der Waals surface area contributed by atoms with Crippen molar-refractivity contribution in [1.29, 1.82) is 0 Å². The van der Waals surface area contributed by atoms with Gasteiger partial charge in [0.05, 0.1) is 25.3 Å². The molecule has 0 saturated heterocycles. The summed E-state index contributed by atoms with van der Waals surface area (Å²) < 4.78 is 6.71. The van der Waals surface area contributed by atoms with E-state index in [1.807, 2.05) is 30.3 Å². The average molecular weight is 340 g/mol. The third-order valence-corrected chi connectivity index (χ3v) is 4.06. The highest BCUT2D eigenvalue weighted by Gasteiger charge is 2.35. The number of aliphatic hydroxyl groups excluding tert-OH is 1. The van der Waals surface area contributed by atoms with Crippen LogP contribution in [0, 0.1) is 0 Å². The molecule has 0 spiro atoms. The van der Waals surface area contributed by atoms with Crippen LogP contribution in [0.25, 0.3) is 5.70 Å². The van der Waals surface area contributed by atoms with E-state index in [1.165, 1.54) is 0 Å². The van der Waals surface area contributed by atoms with Crippen molar-refractivity contribution in [1.82, 2.24) is 9.47 Å². The van der Waals surface area contributed by atoms with Crippen molar-refractivity contribution >= 4 is 17.6 Å². The Morgan fingerprint density at radius 3 is 2.60 bits per heavy atom. The van der Waals surface area contributed by atoms with Crippen LogP contribution >= 0.6 is 0 Å². The Bertz CT molecular complexity index is 808. The van der Waals surface area contributed by atoms with Crippen molar-refractivity contribution in [3.63, 3.8) is 0 Å². The lowest BCUT2D eigenvalue weighted by atomic mass is 10.2. The molecule has 25 heavy (non-hydrogen) atoms. The normalized spacial score (nSPS) is 14.3. The van der Waals surface area contributed by atoms with Gasteiger partial charge >= 0.3 is 5.97 Å². The number of aliphatic hydroxyl groups is 1. The summed E-state index contributed by atoms with van der Waals surface area (Å²) in [4.78, 5) is 26.9. The molecule has 3 rings (SSSR count). The van der Waals surface area contributed by atoms with Gasteiger partial charge in [-0.15, -0.1) is 0 Å². The molecule has 6 heteroatoms. The van der Waals surface area contributed by atoms with E-state index in [4.69, 9.17) is 4.74 Å². The first-order chi connectivity index (χ1) is 12.1. The molecular formula is C19H20N2O4. The van der Waals surface area contributed by atoms with Gasteiger partial charge in [0, 0.05) is 18.9 Å². The largest absolute Gasteiger partial charge is 0.463 e. The minimum absolute atomic E-state index is 0.128. The molecule has 1 aliphatic rings. The highest BCUT2D eigenvalue weighted by atomic mass is 16.5. The molecule has 1 aliphatic heterocycles. The van der Waals surface area contributed by atoms with Crippen LogP contribution in [0.1, 0.15) is 18.1 Å². The lowest BCUT2D eigenvalue weighted by Gasteiger charge is -2.16. The second kappa shape index (κ2) is 7.36. The van der Waals surface area contributed by atoms with Crippen LogP contribution in [-0.2, 0) is 27.5 Å². The van der Waals surface area contributed by atoms with Crippen molar-refractivity contribution in [2.45, 2.75) is 20.1 Å². The van der Waals surface area contributed by atoms with E-state index >= 15 is 0 Å². The molecule has 6 nitrogen and oxygen atoms in total. The second-order valence-electron chi connectivity index (χ2n) is 5.78. The van der Waals surface area contributed by atoms with Gasteiger partial charge in [0.15, 0.2) is 0 Å². The van der Waals surface area contributed by atoms with E-state index in [9.17, 15) is 14.7 Å². The molecule has 0 unspecified atom stereocenters. The Labute approximate surface area is 145 Å². The molecule has 1 amide bonds. The van der Waals surface area contributed by atoms with E-state index in [0.29, 0.717) is 17.7 Å². The molecule has 0 aliphatic carbocycles. The van der Waals surface area contributed by atoms with Crippen molar-refractivity contribution in [2.24, 2.45) is 0 Å². The van der Waals surface area contributed by atoms with Crippen LogP contribution in [-0.4, -0.2) is 39.6 Å². The first kappa shape index (κ1) is 17.0. The molecule has 1 aromatic heterocycles. The van der Waals surface area contributed by atoms with Crippen molar-refractivity contribution in [3.8, 4) is 0 Å². The zero-order chi connectivity index (χ0) is 17.8. The van der Waals surface area contributed by atoms with E-state index in [2.05, 4.69) is 0 Å². The molecule has 1 N–H and O–H groups in total. The highest BCUT2D eigenvalue weighted by Crippen LogP contribution is 2.26. The van der Waals surface area contributed by atoms with E-state index in [1.54, 1.807) is 34.9 Å². The van der Waals surface area contributed by atoms with Crippen LogP contribution in [0.3, 0.4) is 0 Å². The number of benzene rings is 1. The van der Waals surface area contributed by atoms with E-state index < -0.39 is 5.97 Å². The van der Waals surface area contributed by atoms with Gasteiger partial charge in [-0.2, -0.15) is 0 Å². The number of nitrogens with zero attached hydrogens (tertiary/aromatic N) is 2. The average Bonchev–Trinajstić information content (AvgIpc) is 3.21. The van der Waals surface area contributed by atoms with Crippen LogP contribution in [0.5, 0.6) is 0 Å². The SMILES string of the molecule is CCOC(=O)C1=C(n2ccc(CO)c2)C(=O)N(Cc2ccccc2)C1. The Morgan fingerprint density at radius 2 is 1.96 bits per heavy atom. The van der Waals surface area contributed by atoms with E-state index in [-0.39, 0.29) is 31.4 Å². The minimum atomic E-state index is -0.485. The monoisotopic (exact) mass is 340 g/mol. The fourth-order valence-electron chi connectivity index (χ4n) is 2.87. The number of carbonyl (C=O) groups excluding carboxylic acids is 2. The molecule has 0 fully saturated rings.